The van der Waals surface area contributed by atoms with Crippen molar-refractivity contribution < 1.29 is 4.79 Å². The molecule has 0 unspecified atom stereocenters. The molecule has 0 heterocycles. The van der Waals surface area contributed by atoms with Crippen LogP contribution in [0.2, 0.25) is 0 Å². The van der Waals surface area contributed by atoms with Crippen molar-refractivity contribution in [2.45, 2.75) is 13.3 Å². The molecule has 0 aromatic heterocycles. The van der Waals surface area contributed by atoms with Crippen molar-refractivity contribution in [3.8, 4) is 0 Å². The average molecular weight is 126 g/mol. The van der Waals surface area contributed by atoms with E-state index in [1.54, 1.807) is 0 Å². The number of nitrogens with zero attached hydrogens (tertiary/aromatic N) is 1. The lowest BCUT2D eigenvalue weighted by atomic mass is 10.2. The first kappa shape index (κ1) is 7.88. The number of nitrogens with two attached hydrogens (primary N) is 1. The van der Waals surface area contributed by atoms with Crippen LogP contribution in [0.1, 0.15) is 13.3 Å². The van der Waals surface area contributed by atoms with Gasteiger partial charge in [-0.05, 0) is 13.1 Å². The minimum absolute atomic E-state index is 0.333. The van der Waals surface area contributed by atoms with Gasteiger partial charge < -0.3 is 5.73 Å². The standard InChI is InChI=1S/C6H10N2O/c1-3-5(4-7)6(9)8-2/h4H,2-3,7H2,1H3/b5-4-. The average Bonchev–Trinajstić information content (AvgIpc) is 1.90. The largest absolute Gasteiger partial charge is 0.404 e. The van der Waals surface area contributed by atoms with Gasteiger partial charge in [0.05, 0.1) is 0 Å². The molecule has 0 saturated heterocycles. The van der Waals surface area contributed by atoms with Gasteiger partial charge in [-0.15, -0.1) is 0 Å². The lowest BCUT2D eigenvalue weighted by Gasteiger charge is -1.92. The van der Waals surface area contributed by atoms with Gasteiger partial charge in [-0.3, -0.25) is 4.79 Å². The van der Waals surface area contributed by atoms with Crippen LogP contribution < -0.4 is 5.73 Å². The van der Waals surface area contributed by atoms with Crippen molar-refractivity contribution in [2.75, 3.05) is 0 Å². The fourth-order valence-corrected chi connectivity index (χ4v) is 0.442. The predicted octanol–water partition coefficient (Wildman–Crippen LogP) is 0.466. The van der Waals surface area contributed by atoms with Crippen LogP contribution in [-0.2, 0) is 4.79 Å². The van der Waals surface area contributed by atoms with Crippen molar-refractivity contribution >= 4 is 12.6 Å². The van der Waals surface area contributed by atoms with E-state index < -0.39 is 0 Å². The molecule has 0 aromatic rings. The third-order valence-electron chi connectivity index (χ3n) is 1.00. The van der Waals surface area contributed by atoms with E-state index in [1.807, 2.05) is 6.92 Å². The zero-order valence-electron chi connectivity index (χ0n) is 5.42. The summed E-state index contributed by atoms with van der Waals surface area (Å²) in [6, 6.07) is 0. The molecule has 0 rings (SSSR count). The summed E-state index contributed by atoms with van der Waals surface area (Å²) in [6.45, 7) is 4.92. The maximum absolute atomic E-state index is 10.6. The molecular weight excluding hydrogens is 116 g/mol. The molecule has 0 fully saturated rings. The molecule has 0 bridgehead atoms. The van der Waals surface area contributed by atoms with Crippen LogP contribution in [0.4, 0.5) is 0 Å². The van der Waals surface area contributed by atoms with Gasteiger partial charge in [-0.2, -0.15) is 0 Å². The number of carbonyl (C=O) groups excluding carboxylic acids is 1. The Morgan fingerprint density at radius 1 is 1.89 bits per heavy atom. The fourth-order valence-electron chi connectivity index (χ4n) is 0.442. The molecule has 0 atom stereocenters. The monoisotopic (exact) mass is 126 g/mol. The molecule has 2 N–H and O–H groups in total. The second-order valence-electron chi connectivity index (χ2n) is 1.51. The van der Waals surface area contributed by atoms with Crippen molar-refractivity contribution in [3.05, 3.63) is 11.8 Å². The quantitative estimate of drug-likeness (QED) is 0.432. The minimum Gasteiger partial charge on any atom is -0.404 e. The molecule has 0 aromatic carbocycles. The van der Waals surface area contributed by atoms with Gasteiger partial charge >= 0.3 is 0 Å². The fraction of sp³-hybridized carbons (Fsp3) is 0.333. The number of amides is 1. The normalized spacial score (nSPS) is 11.0. The first-order chi connectivity index (χ1) is 4.26. The van der Waals surface area contributed by atoms with E-state index >= 15 is 0 Å². The summed E-state index contributed by atoms with van der Waals surface area (Å²) in [6.07, 6.45) is 1.87. The van der Waals surface area contributed by atoms with E-state index in [2.05, 4.69) is 11.7 Å². The molecule has 0 saturated carbocycles. The summed E-state index contributed by atoms with van der Waals surface area (Å²) in [7, 11) is 0. The lowest BCUT2D eigenvalue weighted by Crippen LogP contribution is -1.99. The van der Waals surface area contributed by atoms with Gasteiger partial charge in [0.2, 0.25) is 0 Å². The highest BCUT2D eigenvalue weighted by atomic mass is 16.1. The summed E-state index contributed by atoms with van der Waals surface area (Å²) in [5.74, 6) is -0.333. The Bertz CT molecular complexity index is 149. The summed E-state index contributed by atoms with van der Waals surface area (Å²) in [5.41, 5.74) is 5.59. The highest BCUT2D eigenvalue weighted by molar-refractivity contribution is 5.95. The Balaban J connectivity index is 4.13. The topological polar surface area (TPSA) is 55.5 Å². The van der Waals surface area contributed by atoms with Crippen LogP contribution in [0, 0.1) is 0 Å². The van der Waals surface area contributed by atoms with Crippen LogP contribution in [-0.4, -0.2) is 12.6 Å². The van der Waals surface area contributed by atoms with Crippen LogP contribution in [0.15, 0.2) is 16.8 Å². The molecule has 0 radical (unpaired) electrons. The number of hydrogen-bond acceptors (Lipinski definition) is 2. The number of hydrogen-bond donors (Lipinski definition) is 1. The second kappa shape index (κ2) is 3.83. The zero-order chi connectivity index (χ0) is 7.28. The van der Waals surface area contributed by atoms with Crippen LogP contribution in [0.25, 0.3) is 0 Å². The minimum atomic E-state index is -0.333. The Morgan fingerprint density at radius 2 is 2.44 bits per heavy atom. The molecule has 3 heteroatoms. The van der Waals surface area contributed by atoms with Crippen molar-refractivity contribution in [1.29, 1.82) is 0 Å². The van der Waals surface area contributed by atoms with Crippen LogP contribution in [0.5, 0.6) is 0 Å². The maximum atomic E-state index is 10.6. The molecule has 0 aliphatic rings. The summed E-state index contributed by atoms with van der Waals surface area (Å²) in [5, 5.41) is 0. The summed E-state index contributed by atoms with van der Waals surface area (Å²) in [4.78, 5) is 13.8. The van der Waals surface area contributed by atoms with Crippen LogP contribution in [0.3, 0.4) is 0 Å². The first-order valence-corrected chi connectivity index (χ1v) is 2.68. The molecule has 3 nitrogen and oxygen atoms in total. The highest BCUT2D eigenvalue weighted by Crippen LogP contribution is 1.99. The number of aliphatic imine (C=N–C) groups is 1. The highest BCUT2D eigenvalue weighted by Gasteiger charge is 2.00. The molecular formula is C6H10N2O. The van der Waals surface area contributed by atoms with E-state index in [0.717, 1.165) is 0 Å². The van der Waals surface area contributed by atoms with Crippen molar-refractivity contribution in [1.82, 2.24) is 0 Å². The lowest BCUT2D eigenvalue weighted by molar-refractivity contribution is -0.114. The Kier molecular flexibility index (Phi) is 3.35. The second-order valence-corrected chi connectivity index (χ2v) is 1.51. The molecule has 1 amide bonds. The molecule has 0 spiro atoms. The van der Waals surface area contributed by atoms with Gasteiger partial charge in [0, 0.05) is 11.8 Å². The third kappa shape index (κ3) is 2.08. The van der Waals surface area contributed by atoms with Gasteiger partial charge in [0.25, 0.3) is 5.91 Å². The van der Waals surface area contributed by atoms with Gasteiger partial charge in [-0.1, -0.05) is 6.92 Å². The van der Waals surface area contributed by atoms with E-state index in [9.17, 15) is 4.79 Å². The smallest absolute Gasteiger partial charge is 0.273 e. The Morgan fingerprint density at radius 3 is 2.56 bits per heavy atom. The molecule has 9 heavy (non-hydrogen) atoms. The van der Waals surface area contributed by atoms with Gasteiger partial charge in [0.1, 0.15) is 0 Å². The molecule has 0 aliphatic carbocycles. The van der Waals surface area contributed by atoms with Gasteiger partial charge in [-0.25, -0.2) is 4.99 Å². The summed E-state index contributed by atoms with van der Waals surface area (Å²) >= 11 is 0. The zero-order valence-corrected chi connectivity index (χ0v) is 5.42. The predicted molar refractivity (Wildman–Crippen MR) is 37.1 cm³/mol. The maximum Gasteiger partial charge on any atom is 0.273 e. The summed E-state index contributed by atoms with van der Waals surface area (Å²) < 4.78 is 0. The molecule has 50 valence electrons. The third-order valence-corrected chi connectivity index (χ3v) is 1.00. The van der Waals surface area contributed by atoms with Gasteiger partial charge in [0.15, 0.2) is 0 Å². The first-order valence-electron chi connectivity index (χ1n) is 2.68. The number of rotatable bonds is 2. The number of carbonyl (C=O) groups is 1. The van der Waals surface area contributed by atoms with E-state index in [4.69, 9.17) is 5.73 Å². The van der Waals surface area contributed by atoms with E-state index in [0.29, 0.717) is 12.0 Å². The van der Waals surface area contributed by atoms with Crippen molar-refractivity contribution in [2.24, 2.45) is 10.7 Å². The SMILES string of the molecule is C=NC(=O)/C(=C\N)CC. The Hall–Kier alpha value is -1.12. The Labute approximate surface area is 54.3 Å². The van der Waals surface area contributed by atoms with E-state index in [-0.39, 0.29) is 5.91 Å². The molecule has 0 aliphatic heterocycles. The van der Waals surface area contributed by atoms with Crippen LogP contribution >= 0.6 is 0 Å². The van der Waals surface area contributed by atoms with E-state index in [1.165, 1.54) is 6.20 Å². The van der Waals surface area contributed by atoms with Crippen molar-refractivity contribution in [3.63, 3.8) is 0 Å².